The molecular weight excluding hydrogens is 463 g/mol. The molecule has 0 unspecified atom stereocenters. The van der Waals surface area contributed by atoms with Gasteiger partial charge in [0, 0.05) is 63.7 Å². The highest BCUT2D eigenvalue weighted by atomic mass is 32.2. The van der Waals surface area contributed by atoms with Crippen molar-refractivity contribution in [2.45, 2.75) is 25.6 Å². The Balaban J connectivity index is 1.45. The lowest BCUT2D eigenvalue weighted by Gasteiger charge is -2.40. The van der Waals surface area contributed by atoms with Gasteiger partial charge in [0.2, 0.25) is 10.0 Å². The number of aromatic nitrogens is 1. The van der Waals surface area contributed by atoms with Crippen LogP contribution < -0.4 is 4.90 Å². The van der Waals surface area contributed by atoms with E-state index >= 15 is 0 Å². The summed E-state index contributed by atoms with van der Waals surface area (Å²) < 4.78 is 51.8. The van der Waals surface area contributed by atoms with E-state index in [1.165, 1.54) is 16.4 Å². The first-order valence-electron chi connectivity index (χ1n) is 11.7. The van der Waals surface area contributed by atoms with E-state index in [0.29, 0.717) is 74.4 Å². The fourth-order valence-corrected chi connectivity index (χ4v) is 6.11. The minimum atomic E-state index is -3.30. The fourth-order valence-electron chi connectivity index (χ4n) is 5.03. The molecule has 2 aromatic rings. The Labute approximate surface area is 198 Å². The molecule has 1 aromatic carbocycles. The van der Waals surface area contributed by atoms with Crippen molar-refractivity contribution < 1.29 is 27.1 Å². The molecule has 184 valence electrons. The van der Waals surface area contributed by atoms with Gasteiger partial charge in [0.25, 0.3) is 5.91 Å². The van der Waals surface area contributed by atoms with E-state index in [1.807, 2.05) is 0 Å². The Bertz CT molecular complexity index is 1180. The third-order valence-electron chi connectivity index (χ3n) is 6.97. The molecule has 1 spiro atoms. The number of hydrogen-bond acceptors (Lipinski definition) is 7. The fraction of sp³-hybridized carbons (Fsp3) is 0.565. The predicted molar refractivity (Wildman–Crippen MR) is 125 cm³/mol. The number of benzene rings is 1. The highest BCUT2D eigenvalue weighted by Gasteiger charge is 2.41. The summed E-state index contributed by atoms with van der Waals surface area (Å²) in [5.74, 6) is -1.16. The number of carbonyl (C=O) groups is 1. The maximum absolute atomic E-state index is 14.3. The number of halogens is 1. The molecule has 0 N–H and O–H groups in total. The molecule has 1 aromatic heterocycles. The summed E-state index contributed by atoms with van der Waals surface area (Å²) >= 11 is 0. The van der Waals surface area contributed by atoms with Crippen molar-refractivity contribution in [3.05, 3.63) is 35.8 Å². The number of anilines is 1. The predicted octanol–water partition coefficient (Wildman–Crippen LogP) is 1.82. The first-order chi connectivity index (χ1) is 16.3. The SMILES string of the molecule is CCS(=O)(=O)N1CCN(C(=O)c2cnc3ccc(F)cc3c2N2CCC3(CC2)OCCO3)CC1. The third-order valence-corrected chi connectivity index (χ3v) is 8.85. The van der Waals surface area contributed by atoms with Gasteiger partial charge < -0.3 is 19.3 Å². The summed E-state index contributed by atoms with van der Waals surface area (Å²) in [7, 11) is -3.30. The molecule has 9 nitrogen and oxygen atoms in total. The van der Waals surface area contributed by atoms with Crippen molar-refractivity contribution in [3.8, 4) is 0 Å². The van der Waals surface area contributed by atoms with Crippen molar-refractivity contribution >= 4 is 32.5 Å². The number of amides is 1. The lowest BCUT2D eigenvalue weighted by Crippen LogP contribution is -2.51. The Morgan fingerprint density at radius 1 is 1.09 bits per heavy atom. The molecule has 0 saturated carbocycles. The zero-order chi connectivity index (χ0) is 23.9. The molecular formula is C23H29FN4O5S. The number of pyridine rings is 1. The van der Waals surface area contributed by atoms with Gasteiger partial charge in [0.05, 0.1) is 35.7 Å². The van der Waals surface area contributed by atoms with E-state index in [4.69, 9.17) is 9.47 Å². The van der Waals surface area contributed by atoms with Gasteiger partial charge in [0.15, 0.2) is 5.79 Å². The van der Waals surface area contributed by atoms with Crippen molar-refractivity contribution in [1.29, 1.82) is 0 Å². The molecule has 0 atom stereocenters. The number of carbonyl (C=O) groups excluding carboxylic acids is 1. The van der Waals surface area contributed by atoms with Crippen LogP contribution in [0.2, 0.25) is 0 Å². The zero-order valence-electron chi connectivity index (χ0n) is 19.2. The van der Waals surface area contributed by atoms with Crippen LogP contribution in [-0.2, 0) is 19.5 Å². The number of hydrogen-bond donors (Lipinski definition) is 0. The number of piperazine rings is 1. The van der Waals surface area contributed by atoms with Crippen LogP contribution >= 0.6 is 0 Å². The summed E-state index contributed by atoms with van der Waals surface area (Å²) in [4.78, 5) is 21.8. The van der Waals surface area contributed by atoms with Crippen molar-refractivity contribution in [2.75, 3.05) is 63.1 Å². The number of fused-ring (bicyclic) bond motifs is 1. The quantitative estimate of drug-likeness (QED) is 0.643. The number of rotatable bonds is 4. The lowest BCUT2D eigenvalue weighted by atomic mass is 10.00. The van der Waals surface area contributed by atoms with Crippen molar-refractivity contribution in [2.24, 2.45) is 0 Å². The van der Waals surface area contributed by atoms with E-state index in [0.717, 1.165) is 0 Å². The van der Waals surface area contributed by atoms with Gasteiger partial charge in [0.1, 0.15) is 5.82 Å². The summed E-state index contributed by atoms with van der Waals surface area (Å²) in [6.45, 7) is 5.06. The molecule has 0 aliphatic carbocycles. The molecule has 0 bridgehead atoms. The molecule has 3 aliphatic heterocycles. The molecule has 3 saturated heterocycles. The number of piperidine rings is 1. The Morgan fingerprint density at radius 2 is 1.76 bits per heavy atom. The summed E-state index contributed by atoms with van der Waals surface area (Å²) in [5.41, 5.74) is 1.67. The highest BCUT2D eigenvalue weighted by molar-refractivity contribution is 7.89. The van der Waals surface area contributed by atoms with Crippen LogP contribution in [0.5, 0.6) is 0 Å². The standard InChI is InChI=1S/C23H29FN4O5S/c1-2-34(30,31)28-11-9-27(10-12-28)22(29)19-16-25-20-4-3-17(24)15-18(20)21(19)26-7-5-23(6-8-26)32-13-14-33-23/h3-4,15-16H,2,5-14H2,1H3. The van der Waals surface area contributed by atoms with Crippen LogP contribution in [0.4, 0.5) is 10.1 Å². The molecule has 3 fully saturated rings. The van der Waals surface area contributed by atoms with Gasteiger partial charge >= 0.3 is 0 Å². The Morgan fingerprint density at radius 3 is 2.41 bits per heavy atom. The maximum Gasteiger partial charge on any atom is 0.257 e. The Hall–Kier alpha value is -2.34. The van der Waals surface area contributed by atoms with Crippen LogP contribution in [0.1, 0.15) is 30.1 Å². The van der Waals surface area contributed by atoms with Gasteiger partial charge in [-0.1, -0.05) is 0 Å². The first-order valence-corrected chi connectivity index (χ1v) is 13.3. The minimum Gasteiger partial charge on any atom is -0.370 e. The van der Waals surface area contributed by atoms with Crippen LogP contribution in [-0.4, -0.2) is 92.5 Å². The van der Waals surface area contributed by atoms with Gasteiger partial charge in [-0.3, -0.25) is 9.78 Å². The second-order valence-electron chi connectivity index (χ2n) is 8.87. The number of ether oxygens (including phenoxy) is 2. The number of nitrogens with zero attached hydrogens (tertiary/aromatic N) is 4. The molecule has 0 radical (unpaired) electrons. The summed E-state index contributed by atoms with van der Waals surface area (Å²) in [6.07, 6.45) is 2.85. The van der Waals surface area contributed by atoms with Gasteiger partial charge in [-0.25, -0.2) is 12.8 Å². The van der Waals surface area contributed by atoms with Crippen LogP contribution in [0.3, 0.4) is 0 Å². The monoisotopic (exact) mass is 492 g/mol. The van der Waals surface area contributed by atoms with Gasteiger partial charge in [-0.15, -0.1) is 0 Å². The van der Waals surface area contributed by atoms with E-state index in [-0.39, 0.29) is 24.7 Å². The van der Waals surface area contributed by atoms with E-state index < -0.39 is 21.6 Å². The van der Waals surface area contributed by atoms with Crippen LogP contribution in [0.25, 0.3) is 10.9 Å². The topological polar surface area (TPSA) is 92.3 Å². The number of sulfonamides is 1. The van der Waals surface area contributed by atoms with Crippen LogP contribution in [0, 0.1) is 5.82 Å². The van der Waals surface area contributed by atoms with Crippen molar-refractivity contribution in [1.82, 2.24) is 14.2 Å². The van der Waals surface area contributed by atoms with E-state index in [9.17, 15) is 17.6 Å². The van der Waals surface area contributed by atoms with E-state index in [2.05, 4.69) is 9.88 Å². The molecule has 3 aliphatic rings. The molecule has 4 heterocycles. The minimum absolute atomic E-state index is 0.0368. The first kappa shape index (κ1) is 23.4. The largest absolute Gasteiger partial charge is 0.370 e. The highest BCUT2D eigenvalue weighted by Crippen LogP contribution is 2.37. The average molecular weight is 493 g/mol. The summed E-state index contributed by atoms with van der Waals surface area (Å²) in [5, 5.41) is 0.585. The van der Waals surface area contributed by atoms with Crippen molar-refractivity contribution in [3.63, 3.8) is 0 Å². The maximum atomic E-state index is 14.3. The Kier molecular flexibility index (Phi) is 6.21. The second kappa shape index (κ2) is 9.03. The zero-order valence-corrected chi connectivity index (χ0v) is 20.0. The van der Waals surface area contributed by atoms with Gasteiger partial charge in [-0.05, 0) is 25.1 Å². The summed E-state index contributed by atoms with van der Waals surface area (Å²) in [6, 6.07) is 4.40. The van der Waals surface area contributed by atoms with Crippen LogP contribution in [0.15, 0.2) is 24.4 Å². The molecule has 5 rings (SSSR count). The normalized spacial score (nSPS) is 21.5. The molecule has 34 heavy (non-hydrogen) atoms. The molecule has 1 amide bonds. The lowest BCUT2D eigenvalue weighted by molar-refractivity contribution is -0.169. The third kappa shape index (κ3) is 4.26. The van der Waals surface area contributed by atoms with Gasteiger partial charge in [-0.2, -0.15) is 4.31 Å². The average Bonchev–Trinajstić information content (AvgIpc) is 3.31. The smallest absolute Gasteiger partial charge is 0.257 e. The van der Waals surface area contributed by atoms with E-state index in [1.54, 1.807) is 24.1 Å². The second-order valence-corrected chi connectivity index (χ2v) is 11.1. The molecule has 11 heteroatoms.